The van der Waals surface area contributed by atoms with Gasteiger partial charge in [-0.3, -0.25) is 0 Å². The van der Waals surface area contributed by atoms with Crippen molar-refractivity contribution in [1.29, 1.82) is 0 Å². The molecule has 0 aliphatic heterocycles. The summed E-state index contributed by atoms with van der Waals surface area (Å²) in [5, 5.41) is 3.61. The zero-order valence-electron chi connectivity index (χ0n) is 13.9. The van der Waals surface area contributed by atoms with Crippen LogP contribution in [0.2, 0.25) is 0 Å². The Morgan fingerprint density at radius 1 is 1.10 bits per heavy atom. The molecule has 0 radical (unpaired) electrons. The lowest BCUT2D eigenvalue weighted by molar-refractivity contribution is 0.0856. The van der Waals surface area contributed by atoms with Crippen molar-refractivity contribution in [3.05, 3.63) is 29.8 Å². The Labute approximate surface area is 130 Å². The van der Waals surface area contributed by atoms with E-state index in [1.807, 2.05) is 0 Å². The van der Waals surface area contributed by atoms with Crippen molar-refractivity contribution in [3.8, 4) is 5.75 Å². The van der Waals surface area contributed by atoms with Gasteiger partial charge in [-0.15, -0.1) is 0 Å². The summed E-state index contributed by atoms with van der Waals surface area (Å²) in [5.74, 6) is 1.85. The molecule has 1 aromatic carbocycles. The summed E-state index contributed by atoms with van der Waals surface area (Å²) in [6, 6.07) is 9.21. The van der Waals surface area contributed by atoms with Gasteiger partial charge in [-0.1, -0.05) is 45.7 Å². The maximum absolute atomic E-state index is 6.32. The van der Waals surface area contributed by atoms with E-state index in [4.69, 9.17) is 4.74 Å². The van der Waals surface area contributed by atoms with Crippen molar-refractivity contribution in [2.24, 2.45) is 5.92 Å². The highest BCUT2D eigenvalue weighted by Crippen LogP contribution is 2.30. The fraction of sp³-hybridized carbons (Fsp3) is 0.684. The normalized spacial score (nSPS) is 25.8. The second-order valence-electron chi connectivity index (χ2n) is 6.30. The predicted molar refractivity (Wildman–Crippen MR) is 89.9 cm³/mol. The van der Waals surface area contributed by atoms with Crippen LogP contribution in [0.4, 0.5) is 0 Å². The van der Waals surface area contributed by atoms with Gasteiger partial charge < -0.3 is 10.1 Å². The fourth-order valence-electron chi connectivity index (χ4n) is 3.41. The number of rotatable bonds is 7. The average molecular weight is 289 g/mol. The molecular formula is C19H31NO. The summed E-state index contributed by atoms with van der Waals surface area (Å²) < 4.78 is 6.32. The molecule has 0 saturated heterocycles. The molecule has 3 unspecified atom stereocenters. The Morgan fingerprint density at radius 2 is 1.86 bits per heavy atom. The van der Waals surface area contributed by atoms with Gasteiger partial charge in [0.05, 0.1) is 0 Å². The lowest BCUT2D eigenvalue weighted by atomic mass is 9.82. The molecule has 0 amide bonds. The van der Waals surface area contributed by atoms with Crippen LogP contribution in [-0.4, -0.2) is 18.7 Å². The van der Waals surface area contributed by atoms with Gasteiger partial charge in [-0.05, 0) is 55.8 Å². The largest absolute Gasteiger partial charge is 0.489 e. The SMILES string of the molecule is CCCc1ccc(OC2CC(CC)CCC2NCC)cc1. The Hall–Kier alpha value is -1.02. The zero-order valence-corrected chi connectivity index (χ0v) is 13.9. The monoisotopic (exact) mass is 289 g/mol. The van der Waals surface area contributed by atoms with E-state index in [2.05, 4.69) is 50.4 Å². The molecule has 0 aromatic heterocycles. The topological polar surface area (TPSA) is 21.3 Å². The molecular weight excluding hydrogens is 258 g/mol. The van der Waals surface area contributed by atoms with E-state index in [0.717, 1.165) is 24.6 Å². The van der Waals surface area contributed by atoms with Crippen LogP contribution >= 0.6 is 0 Å². The Balaban J connectivity index is 1.99. The first-order valence-corrected chi connectivity index (χ1v) is 8.75. The summed E-state index contributed by atoms with van der Waals surface area (Å²) in [5.41, 5.74) is 1.41. The number of hydrogen-bond acceptors (Lipinski definition) is 2. The molecule has 1 saturated carbocycles. The first-order valence-electron chi connectivity index (χ1n) is 8.75. The van der Waals surface area contributed by atoms with Gasteiger partial charge in [-0.25, -0.2) is 0 Å². The Bertz CT molecular complexity index is 401. The maximum atomic E-state index is 6.32. The number of hydrogen-bond donors (Lipinski definition) is 1. The zero-order chi connectivity index (χ0) is 15.1. The van der Waals surface area contributed by atoms with Gasteiger partial charge in [-0.2, -0.15) is 0 Å². The van der Waals surface area contributed by atoms with E-state index in [1.165, 1.54) is 37.7 Å². The minimum atomic E-state index is 0.320. The number of ether oxygens (including phenoxy) is 1. The molecule has 0 heterocycles. The van der Waals surface area contributed by atoms with Crippen molar-refractivity contribution in [1.82, 2.24) is 5.32 Å². The molecule has 0 spiro atoms. The lowest BCUT2D eigenvalue weighted by Gasteiger charge is -2.36. The highest BCUT2D eigenvalue weighted by molar-refractivity contribution is 5.27. The minimum absolute atomic E-state index is 0.320. The number of benzene rings is 1. The van der Waals surface area contributed by atoms with Gasteiger partial charge in [0.1, 0.15) is 11.9 Å². The third-order valence-electron chi connectivity index (χ3n) is 4.69. The van der Waals surface area contributed by atoms with E-state index >= 15 is 0 Å². The van der Waals surface area contributed by atoms with Crippen LogP contribution < -0.4 is 10.1 Å². The summed E-state index contributed by atoms with van der Waals surface area (Å²) in [6.07, 6.45) is 7.71. The second-order valence-corrected chi connectivity index (χ2v) is 6.30. The first-order chi connectivity index (χ1) is 10.3. The van der Waals surface area contributed by atoms with Crippen molar-refractivity contribution in [2.45, 2.75) is 71.4 Å². The Morgan fingerprint density at radius 3 is 2.48 bits per heavy atom. The molecule has 1 aliphatic carbocycles. The fourth-order valence-corrected chi connectivity index (χ4v) is 3.41. The molecule has 3 atom stereocenters. The number of nitrogens with one attached hydrogen (secondary N) is 1. The van der Waals surface area contributed by atoms with Gasteiger partial charge in [0.25, 0.3) is 0 Å². The van der Waals surface area contributed by atoms with Gasteiger partial charge in [0.2, 0.25) is 0 Å². The van der Waals surface area contributed by atoms with Gasteiger partial charge in [0, 0.05) is 6.04 Å². The molecule has 2 heteroatoms. The van der Waals surface area contributed by atoms with E-state index < -0.39 is 0 Å². The molecule has 1 fully saturated rings. The molecule has 1 aliphatic rings. The quantitative estimate of drug-likeness (QED) is 0.793. The van der Waals surface area contributed by atoms with Crippen LogP contribution in [0.15, 0.2) is 24.3 Å². The summed E-state index contributed by atoms with van der Waals surface area (Å²) in [6.45, 7) is 7.73. The van der Waals surface area contributed by atoms with Crippen molar-refractivity contribution < 1.29 is 4.74 Å². The predicted octanol–water partition coefficient (Wildman–Crippen LogP) is 4.57. The van der Waals surface area contributed by atoms with E-state index in [1.54, 1.807) is 0 Å². The van der Waals surface area contributed by atoms with Crippen LogP contribution in [0.25, 0.3) is 0 Å². The maximum Gasteiger partial charge on any atom is 0.119 e. The van der Waals surface area contributed by atoms with Crippen LogP contribution in [0.3, 0.4) is 0 Å². The van der Waals surface area contributed by atoms with Crippen LogP contribution in [0, 0.1) is 5.92 Å². The number of aryl methyl sites for hydroxylation is 1. The van der Waals surface area contributed by atoms with E-state index in [9.17, 15) is 0 Å². The van der Waals surface area contributed by atoms with E-state index in [-0.39, 0.29) is 0 Å². The minimum Gasteiger partial charge on any atom is -0.489 e. The molecule has 0 bridgehead atoms. The summed E-state index contributed by atoms with van der Waals surface area (Å²) in [7, 11) is 0. The van der Waals surface area contributed by atoms with Crippen LogP contribution in [0.1, 0.15) is 58.4 Å². The molecule has 118 valence electrons. The van der Waals surface area contributed by atoms with Crippen LogP contribution in [0.5, 0.6) is 5.75 Å². The van der Waals surface area contributed by atoms with Crippen LogP contribution in [-0.2, 0) is 6.42 Å². The lowest BCUT2D eigenvalue weighted by Crippen LogP contribution is -2.47. The Kier molecular flexibility index (Phi) is 6.56. The van der Waals surface area contributed by atoms with Gasteiger partial charge >= 0.3 is 0 Å². The standard InChI is InChI=1S/C19H31NO/c1-4-7-16-8-11-17(12-9-16)21-19-14-15(5-2)10-13-18(19)20-6-3/h8-9,11-12,15,18-20H,4-7,10,13-14H2,1-3H3. The first kappa shape index (κ1) is 16.4. The van der Waals surface area contributed by atoms with E-state index in [0.29, 0.717) is 12.1 Å². The third kappa shape index (κ3) is 4.74. The summed E-state index contributed by atoms with van der Waals surface area (Å²) in [4.78, 5) is 0. The highest BCUT2D eigenvalue weighted by atomic mass is 16.5. The molecule has 2 nitrogen and oxygen atoms in total. The highest BCUT2D eigenvalue weighted by Gasteiger charge is 2.30. The molecule has 1 N–H and O–H groups in total. The van der Waals surface area contributed by atoms with Crippen molar-refractivity contribution >= 4 is 0 Å². The molecule has 21 heavy (non-hydrogen) atoms. The summed E-state index contributed by atoms with van der Waals surface area (Å²) >= 11 is 0. The number of likely N-dealkylation sites (N-methyl/N-ethyl adjacent to an activating group) is 1. The van der Waals surface area contributed by atoms with Gasteiger partial charge in [0.15, 0.2) is 0 Å². The van der Waals surface area contributed by atoms with Crippen molar-refractivity contribution in [3.63, 3.8) is 0 Å². The third-order valence-corrected chi connectivity index (χ3v) is 4.69. The second kappa shape index (κ2) is 8.43. The van der Waals surface area contributed by atoms with Crippen molar-refractivity contribution in [2.75, 3.05) is 6.54 Å². The molecule has 2 rings (SSSR count). The average Bonchev–Trinajstić information content (AvgIpc) is 2.51. The molecule has 1 aromatic rings. The smallest absolute Gasteiger partial charge is 0.119 e.